The Hall–Kier alpha value is -0.920. The SMILES string of the molecule is CC1=C(C(=O)O)N2C(=O)C(NC(=O)C(Cl)Cl)[C@H]2SC1. The Bertz CT molecular complexity index is 494. The smallest absolute Gasteiger partial charge is 0.352 e. The molecule has 0 spiro atoms. The first kappa shape index (κ1) is 14.5. The van der Waals surface area contributed by atoms with Gasteiger partial charge >= 0.3 is 5.97 Å². The van der Waals surface area contributed by atoms with E-state index in [9.17, 15) is 14.4 Å². The van der Waals surface area contributed by atoms with Crippen LogP contribution in [-0.2, 0) is 14.4 Å². The van der Waals surface area contributed by atoms with Gasteiger partial charge in [0.1, 0.15) is 17.1 Å². The van der Waals surface area contributed by atoms with Crippen molar-refractivity contribution in [2.45, 2.75) is 23.2 Å². The highest BCUT2D eigenvalue weighted by Crippen LogP contribution is 2.40. The Balaban J connectivity index is 2.16. The Morgan fingerprint density at radius 3 is 2.68 bits per heavy atom. The molecule has 9 heteroatoms. The lowest BCUT2D eigenvalue weighted by molar-refractivity contribution is -0.150. The normalized spacial score (nSPS) is 26.1. The maximum atomic E-state index is 11.9. The predicted octanol–water partition coefficient (Wildman–Crippen LogP) is 0.549. The van der Waals surface area contributed by atoms with Crippen molar-refractivity contribution in [3.8, 4) is 0 Å². The fourth-order valence-electron chi connectivity index (χ4n) is 1.99. The van der Waals surface area contributed by atoms with Crippen LogP contribution in [0.15, 0.2) is 11.3 Å². The first-order chi connectivity index (χ1) is 8.84. The molecule has 0 aromatic heterocycles. The number of hydrogen-bond donors (Lipinski definition) is 2. The second-order valence-corrected chi connectivity index (χ2v) is 6.33. The molecule has 2 aliphatic rings. The molecule has 0 saturated carbocycles. The molecule has 2 aliphatic heterocycles. The van der Waals surface area contributed by atoms with Crippen LogP contribution in [0.25, 0.3) is 0 Å². The number of carbonyl (C=O) groups excluding carboxylic acids is 2. The quantitative estimate of drug-likeness (QED) is 0.584. The number of nitrogens with zero attached hydrogens (tertiary/aromatic N) is 1. The maximum absolute atomic E-state index is 11.9. The topological polar surface area (TPSA) is 86.7 Å². The number of rotatable bonds is 3. The molecule has 0 aliphatic carbocycles. The number of carboxylic acid groups (broad SMARTS) is 1. The van der Waals surface area contributed by atoms with Crippen LogP contribution in [0.2, 0.25) is 0 Å². The number of nitrogens with one attached hydrogen (secondary N) is 1. The molecule has 0 radical (unpaired) electrons. The van der Waals surface area contributed by atoms with Gasteiger partial charge in [-0.1, -0.05) is 23.2 Å². The van der Waals surface area contributed by atoms with E-state index in [-0.39, 0.29) is 5.70 Å². The van der Waals surface area contributed by atoms with Gasteiger partial charge in [0.25, 0.3) is 11.8 Å². The minimum atomic E-state index is -1.26. The van der Waals surface area contributed by atoms with E-state index in [1.165, 1.54) is 16.7 Å². The Morgan fingerprint density at radius 2 is 2.16 bits per heavy atom. The lowest BCUT2D eigenvalue weighted by atomic mass is 10.0. The highest BCUT2D eigenvalue weighted by Gasteiger charge is 2.53. The molecule has 2 N–H and O–H groups in total. The number of halogens is 2. The van der Waals surface area contributed by atoms with Gasteiger partial charge in [0.15, 0.2) is 4.84 Å². The van der Waals surface area contributed by atoms with E-state index in [0.717, 1.165) is 0 Å². The molecule has 2 amide bonds. The second kappa shape index (κ2) is 5.22. The van der Waals surface area contributed by atoms with Crippen LogP contribution in [0.4, 0.5) is 0 Å². The molecule has 1 fully saturated rings. The molecule has 0 aromatic carbocycles. The molecular weight excluding hydrogens is 315 g/mol. The summed E-state index contributed by atoms with van der Waals surface area (Å²) < 4.78 is 0. The van der Waals surface area contributed by atoms with Gasteiger partial charge < -0.3 is 10.4 Å². The first-order valence-electron chi connectivity index (χ1n) is 5.31. The number of hydrogen-bond acceptors (Lipinski definition) is 4. The van der Waals surface area contributed by atoms with Crippen molar-refractivity contribution in [2.24, 2.45) is 0 Å². The minimum absolute atomic E-state index is 0.00690. The van der Waals surface area contributed by atoms with Crippen LogP contribution in [0.5, 0.6) is 0 Å². The molecule has 2 rings (SSSR count). The van der Waals surface area contributed by atoms with E-state index in [4.69, 9.17) is 28.3 Å². The van der Waals surface area contributed by atoms with Crippen molar-refractivity contribution in [2.75, 3.05) is 5.75 Å². The molecule has 6 nitrogen and oxygen atoms in total. The summed E-state index contributed by atoms with van der Waals surface area (Å²) in [5.41, 5.74) is 0.618. The highest BCUT2D eigenvalue weighted by molar-refractivity contribution is 8.00. The summed E-state index contributed by atoms with van der Waals surface area (Å²) in [4.78, 5) is 34.4. The van der Waals surface area contributed by atoms with Crippen molar-refractivity contribution in [3.63, 3.8) is 0 Å². The molecule has 0 bridgehead atoms. The molecule has 104 valence electrons. The van der Waals surface area contributed by atoms with Crippen LogP contribution < -0.4 is 5.32 Å². The van der Waals surface area contributed by atoms with E-state index in [2.05, 4.69) is 5.32 Å². The van der Waals surface area contributed by atoms with E-state index in [0.29, 0.717) is 11.3 Å². The number of alkyl halides is 2. The third-order valence-electron chi connectivity index (χ3n) is 2.86. The Kier molecular flexibility index (Phi) is 3.98. The third kappa shape index (κ3) is 2.42. The van der Waals surface area contributed by atoms with Gasteiger partial charge in [-0.2, -0.15) is 0 Å². The summed E-state index contributed by atoms with van der Waals surface area (Å²) in [6.07, 6.45) is 0. The van der Waals surface area contributed by atoms with Gasteiger partial charge in [-0.3, -0.25) is 14.5 Å². The summed E-state index contributed by atoms with van der Waals surface area (Å²) >= 11 is 12.2. The van der Waals surface area contributed by atoms with Gasteiger partial charge in [0.05, 0.1) is 0 Å². The van der Waals surface area contributed by atoms with Crippen LogP contribution >= 0.6 is 35.0 Å². The van der Waals surface area contributed by atoms with E-state index >= 15 is 0 Å². The van der Waals surface area contributed by atoms with Crippen molar-refractivity contribution in [1.82, 2.24) is 10.2 Å². The molecule has 19 heavy (non-hydrogen) atoms. The van der Waals surface area contributed by atoms with Crippen molar-refractivity contribution in [3.05, 3.63) is 11.3 Å². The Labute approximate surface area is 123 Å². The van der Waals surface area contributed by atoms with Crippen LogP contribution in [-0.4, -0.2) is 49.8 Å². The number of β-lactam (4-membered cyclic amide) rings is 1. The van der Waals surface area contributed by atoms with E-state index < -0.39 is 34.0 Å². The monoisotopic (exact) mass is 324 g/mol. The predicted molar refractivity (Wildman–Crippen MR) is 70.9 cm³/mol. The molecular formula is C10H10Cl2N2O4S. The van der Waals surface area contributed by atoms with Crippen LogP contribution in [0.1, 0.15) is 6.92 Å². The summed E-state index contributed by atoms with van der Waals surface area (Å²) in [6.45, 7) is 1.67. The van der Waals surface area contributed by atoms with Crippen molar-refractivity contribution in [1.29, 1.82) is 0 Å². The maximum Gasteiger partial charge on any atom is 0.352 e. The summed E-state index contributed by atoms with van der Waals surface area (Å²) in [7, 11) is 0. The third-order valence-corrected chi connectivity index (χ3v) is 4.68. The van der Waals surface area contributed by atoms with Gasteiger partial charge in [-0.25, -0.2) is 4.79 Å². The Morgan fingerprint density at radius 1 is 1.53 bits per heavy atom. The second-order valence-electron chi connectivity index (χ2n) is 4.13. The van der Waals surface area contributed by atoms with Crippen LogP contribution in [0, 0.1) is 0 Å². The number of amides is 2. The average molecular weight is 325 g/mol. The van der Waals surface area contributed by atoms with Crippen molar-refractivity contribution >= 4 is 52.7 Å². The molecule has 1 unspecified atom stereocenters. The summed E-state index contributed by atoms with van der Waals surface area (Å²) in [5, 5.41) is 11.1. The zero-order chi connectivity index (χ0) is 14.3. The number of carboxylic acids is 1. The lowest BCUT2D eigenvalue weighted by Gasteiger charge is -2.49. The summed E-state index contributed by atoms with van der Waals surface area (Å²) in [6, 6.07) is -0.778. The zero-order valence-electron chi connectivity index (χ0n) is 9.72. The number of carbonyl (C=O) groups is 3. The lowest BCUT2D eigenvalue weighted by Crippen LogP contribution is -2.70. The van der Waals surface area contributed by atoms with Gasteiger partial charge in [-0.15, -0.1) is 11.8 Å². The largest absolute Gasteiger partial charge is 0.477 e. The fourth-order valence-corrected chi connectivity index (χ4v) is 3.41. The average Bonchev–Trinajstić information content (AvgIpc) is 2.34. The number of aliphatic carboxylic acids is 1. The molecule has 2 atom stereocenters. The molecule has 0 aromatic rings. The van der Waals surface area contributed by atoms with Gasteiger partial charge in [-0.05, 0) is 12.5 Å². The van der Waals surface area contributed by atoms with Crippen molar-refractivity contribution < 1.29 is 19.5 Å². The number of fused-ring (bicyclic) bond motifs is 1. The van der Waals surface area contributed by atoms with E-state index in [1.54, 1.807) is 6.92 Å². The van der Waals surface area contributed by atoms with E-state index in [1.807, 2.05) is 0 Å². The minimum Gasteiger partial charge on any atom is -0.477 e. The first-order valence-corrected chi connectivity index (χ1v) is 7.23. The fraction of sp³-hybridized carbons (Fsp3) is 0.500. The summed E-state index contributed by atoms with van der Waals surface area (Å²) in [5.74, 6) is -1.77. The van der Waals surface area contributed by atoms with Gasteiger partial charge in [0.2, 0.25) is 0 Å². The molecule has 1 saturated heterocycles. The highest BCUT2D eigenvalue weighted by atomic mass is 35.5. The van der Waals surface area contributed by atoms with Crippen LogP contribution in [0.3, 0.4) is 0 Å². The van der Waals surface area contributed by atoms with Gasteiger partial charge in [0, 0.05) is 5.75 Å². The molecule has 2 heterocycles. The standard InChI is InChI=1S/C10H10Cl2N2O4S/c1-3-2-19-9-4(13-7(15)6(11)12)8(16)14(9)5(3)10(17)18/h4,6,9H,2H2,1H3,(H,13,15)(H,17,18)/t4?,9-/m1/s1. The number of thioether (sulfide) groups is 1. The zero-order valence-corrected chi connectivity index (χ0v) is 12.1.